The van der Waals surface area contributed by atoms with Crippen LogP contribution in [0.3, 0.4) is 0 Å². The van der Waals surface area contributed by atoms with Gasteiger partial charge in [0, 0.05) is 10.1 Å². The second kappa shape index (κ2) is 6.71. The van der Waals surface area contributed by atoms with E-state index in [0.717, 1.165) is 25.9 Å². The Kier molecular flexibility index (Phi) is 5.25. The predicted octanol–water partition coefficient (Wildman–Crippen LogP) is 2.93. The SMILES string of the molecule is OC1CCCC(CNCc2ccc(I)cc2)C1. The number of benzene rings is 1. The first kappa shape index (κ1) is 13.3. The average molecular weight is 345 g/mol. The van der Waals surface area contributed by atoms with Gasteiger partial charge in [-0.25, -0.2) is 0 Å². The molecule has 2 atom stereocenters. The van der Waals surface area contributed by atoms with E-state index in [1.807, 2.05) is 0 Å². The summed E-state index contributed by atoms with van der Waals surface area (Å²) in [4.78, 5) is 0. The van der Waals surface area contributed by atoms with Gasteiger partial charge >= 0.3 is 0 Å². The van der Waals surface area contributed by atoms with E-state index in [4.69, 9.17) is 0 Å². The van der Waals surface area contributed by atoms with Crippen LogP contribution in [0.5, 0.6) is 0 Å². The molecule has 0 aliphatic heterocycles. The molecule has 1 aromatic carbocycles. The molecule has 1 saturated carbocycles. The molecule has 2 nitrogen and oxygen atoms in total. The van der Waals surface area contributed by atoms with Crippen LogP contribution in [0.15, 0.2) is 24.3 Å². The molecule has 17 heavy (non-hydrogen) atoms. The molecule has 0 radical (unpaired) electrons. The Bertz CT molecular complexity index is 339. The van der Waals surface area contributed by atoms with Gasteiger partial charge in [0.05, 0.1) is 6.10 Å². The second-order valence-corrected chi connectivity index (χ2v) is 6.19. The third-order valence-electron chi connectivity index (χ3n) is 3.43. The van der Waals surface area contributed by atoms with Gasteiger partial charge in [0.15, 0.2) is 0 Å². The minimum Gasteiger partial charge on any atom is -0.393 e. The number of aliphatic hydroxyl groups excluding tert-OH is 1. The highest BCUT2D eigenvalue weighted by molar-refractivity contribution is 14.1. The summed E-state index contributed by atoms with van der Waals surface area (Å²) in [6, 6.07) is 8.62. The Morgan fingerprint density at radius 2 is 2.00 bits per heavy atom. The zero-order valence-electron chi connectivity index (χ0n) is 10.0. The Morgan fingerprint density at radius 3 is 2.71 bits per heavy atom. The Hall–Kier alpha value is -0.130. The molecular weight excluding hydrogens is 325 g/mol. The lowest BCUT2D eigenvalue weighted by atomic mass is 9.87. The molecule has 1 fully saturated rings. The van der Waals surface area contributed by atoms with Gasteiger partial charge in [-0.2, -0.15) is 0 Å². The maximum atomic E-state index is 9.60. The van der Waals surface area contributed by atoms with Gasteiger partial charge in [0.1, 0.15) is 0 Å². The summed E-state index contributed by atoms with van der Waals surface area (Å²) in [5.41, 5.74) is 1.33. The van der Waals surface area contributed by atoms with Crippen molar-refractivity contribution in [2.45, 2.75) is 38.3 Å². The van der Waals surface area contributed by atoms with Crippen molar-refractivity contribution in [1.29, 1.82) is 0 Å². The van der Waals surface area contributed by atoms with Crippen molar-refractivity contribution >= 4 is 22.6 Å². The number of rotatable bonds is 4. The zero-order chi connectivity index (χ0) is 12.1. The van der Waals surface area contributed by atoms with Crippen molar-refractivity contribution in [2.75, 3.05) is 6.54 Å². The van der Waals surface area contributed by atoms with Crippen molar-refractivity contribution in [3.8, 4) is 0 Å². The van der Waals surface area contributed by atoms with Crippen molar-refractivity contribution in [2.24, 2.45) is 5.92 Å². The highest BCUT2D eigenvalue weighted by atomic mass is 127. The summed E-state index contributed by atoms with van der Waals surface area (Å²) in [7, 11) is 0. The Morgan fingerprint density at radius 1 is 1.24 bits per heavy atom. The zero-order valence-corrected chi connectivity index (χ0v) is 12.2. The van der Waals surface area contributed by atoms with Gasteiger partial charge < -0.3 is 10.4 Å². The molecule has 0 amide bonds. The lowest BCUT2D eigenvalue weighted by Gasteiger charge is -2.26. The van der Waals surface area contributed by atoms with Gasteiger partial charge in [-0.3, -0.25) is 0 Å². The molecule has 0 saturated heterocycles. The molecule has 1 aliphatic carbocycles. The van der Waals surface area contributed by atoms with E-state index >= 15 is 0 Å². The van der Waals surface area contributed by atoms with Crippen LogP contribution in [0, 0.1) is 9.49 Å². The van der Waals surface area contributed by atoms with Crippen molar-refractivity contribution in [1.82, 2.24) is 5.32 Å². The van der Waals surface area contributed by atoms with Gasteiger partial charge in [0.25, 0.3) is 0 Å². The molecule has 0 bridgehead atoms. The maximum Gasteiger partial charge on any atom is 0.0543 e. The van der Waals surface area contributed by atoms with Crippen molar-refractivity contribution < 1.29 is 5.11 Å². The van der Waals surface area contributed by atoms with Gasteiger partial charge in [-0.05, 0) is 72.0 Å². The smallest absolute Gasteiger partial charge is 0.0543 e. The van der Waals surface area contributed by atoms with E-state index in [9.17, 15) is 5.11 Å². The summed E-state index contributed by atoms with van der Waals surface area (Å²) in [6.45, 7) is 1.96. The van der Waals surface area contributed by atoms with Crippen LogP contribution in [0.4, 0.5) is 0 Å². The Balaban J connectivity index is 1.70. The monoisotopic (exact) mass is 345 g/mol. The average Bonchev–Trinajstić information content (AvgIpc) is 2.32. The Labute approximate surface area is 117 Å². The van der Waals surface area contributed by atoms with Crippen LogP contribution in [0.1, 0.15) is 31.2 Å². The molecule has 0 heterocycles. The molecule has 0 aromatic heterocycles. The van der Waals surface area contributed by atoms with E-state index < -0.39 is 0 Å². The number of hydrogen-bond acceptors (Lipinski definition) is 2. The summed E-state index contributed by atoms with van der Waals surface area (Å²) >= 11 is 2.32. The molecule has 1 aliphatic rings. The molecule has 3 heteroatoms. The van der Waals surface area contributed by atoms with Crippen LogP contribution < -0.4 is 5.32 Å². The lowest BCUT2D eigenvalue weighted by molar-refractivity contribution is 0.101. The van der Waals surface area contributed by atoms with Gasteiger partial charge in [0.2, 0.25) is 0 Å². The molecule has 2 rings (SSSR count). The third kappa shape index (κ3) is 4.56. The summed E-state index contributed by atoms with van der Waals surface area (Å²) in [6.07, 6.45) is 4.34. The van der Waals surface area contributed by atoms with Crippen molar-refractivity contribution in [3.05, 3.63) is 33.4 Å². The number of hydrogen-bond donors (Lipinski definition) is 2. The van der Waals surface area contributed by atoms with Gasteiger partial charge in [-0.15, -0.1) is 0 Å². The molecule has 2 unspecified atom stereocenters. The number of aliphatic hydroxyl groups is 1. The first-order chi connectivity index (χ1) is 8.24. The van der Waals surface area contributed by atoms with Crippen LogP contribution in [-0.2, 0) is 6.54 Å². The topological polar surface area (TPSA) is 32.3 Å². The van der Waals surface area contributed by atoms with Crippen molar-refractivity contribution in [3.63, 3.8) is 0 Å². The first-order valence-corrected chi connectivity index (χ1v) is 7.45. The normalized spacial score (nSPS) is 24.8. The fourth-order valence-electron chi connectivity index (χ4n) is 2.47. The summed E-state index contributed by atoms with van der Waals surface area (Å²) in [5.74, 6) is 0.655. The van der Waals surface area contributed by atoms with Crippen LogP contribution in [0.25, 0.3) is 0 Å². The third-order valence-corrected chi connectivity index (χ3v) is 4.15. The first-order valence-electron chi connectivity index (χ1n) is 6.37. The maximum absolute atomic E-state index is 9.60. The largest absolute Gasteiger partial charge is 0.393 e. The highest BCUT2D eigenvalue weighted by Gasteiger charge is 2.19. The standard InChI is InChI=1S/C14H20INO/c15-13-6-4-11(5-7-13)9-16-10-12-2-1-3-14(17)8-12/h4-7,12,14,16-17H,1-3,8-10H2. The van der Waals surface area contributed by atoms with E-state index in [2.05, 4.69) is 52.2 Å². The predicted molar refractivity (Wildman–Crippen MR) is 78.8 cm³/mol. The summed E-state index contributed by atoms with van der Waals surface area (Å²) in [5, 5.41) is 13.1. The van der Waals surface area contributed by atoms with E-state index in [1.54, 1.807) is 0 Å². The molecule has 1 aromatic rings. The highest BCUT2D eigenvalue weighted by Crippen LogP contribution is 2.23. The molecular formula is C14H20INO. The molecule has 94 valence electrons. The molecule has 2 N–H and O–H groups in total. The lowest BCUT2D eigenvalue weighted by Crippen LogP contribution is -2.28. The van der Waals surface area contributed by atoms with E-state index in [0.29, 0.717) is 5.92 Å². The molecule has 0 spiro atoms. The van der Waals surface area contributed by atoms with E-state index in [1.165, 1.54) is 22.0 Å². The summed E-state index contributed by atoms with van der Waals surface area (Å²) < 4.78 is 1.28. The minimum atomic E-state index is -0.0612. The number of halogens is 1. The second-order valence-electron chi connectivity index (χ2n) is 4.94. The van der Waals surface area contributed by atoms with Crippen LogP contribution >= 0.6 is 22.6 Å². The van der Waals surface area contributed by atoms with Gasteiger partial charge in [-0.1, -0.05) is 18.6 Å². The fraction of sp³-hybridized carbons (Fsp3) is 0.571. The quantitative estimate of drug-likeness (QED) is 0.823. The van der Waals surface area contributed by atoms with Crippen LogP contribution in [-0.4, -0.2) is 17.8 Å². The fourth-order valence-corrected chi connectivity index (χ4v) is 2.83. The van der Waals surface area contributed by atoms with E-state index in [-0.39, 0.29) is 6.10 Å². The van der Waals surface area contributed by atoms with Crippen LogP contribution in [0.2, 0.25) is 0 Å². The number of nitrogens with one attached hydrogen (secondary N) is 1. The minimum absolute atomic E-state index is 0.0612.